The van der Waals surface area contributed by atoms with E-state index in [9.17, 15) is 0 Å². The van der Waals surface area contributed by atoms with E-state index in [1.807, 2.05) is 17.7 Å². The molecule has 1 saturated heterocycles. The van der Waals surface area contributed by atoms with E-state index in [-0.39, 0.29) is 0 Å². The van der Waals surface area contributed by atoms with Crippen LogP contribution >= 0.6 is 11.3 Å². The topological polar surface area (TPSA) is 31.9 Å². The lowest BCUT2D eigenvalue weighted by Gasteiger charge is -2.35. The third kappa shape index (κ3) is 3.30. The zero-order chi connectivity index (χ0) is 13.8. The van der Waals surface area contributed by atoms with Crippen molar-refractivity contribution in [1.29, 1.82) is 0 Å². The van der Waals surface area contributed by atoms with E-state index in [1.54, 1.807) is 0 Å². The number of imidazole rings is 1. The third-order valence-electron chi connectivity index (χ3n) is 4.34. The van der Waals surface area contributed by atoms with E-state index in [0.29, 0.717) is 0 Å². The molecule has 1 fully saturated rings. The van der Waals surface area contributed by atoms with Crippen molar-refractivity contribution in [2.75, 3.05) is 6.54 Å². The summed E-state index contributed by atoms with van der Waals surface area (Å²) >= 11 is 1.88. The number of H-pyrrole nitrogens is 1. The van der Waals surface area contributed by atoms with Gasteiger partial charge < -0.3 is 4.98 Å². The van der Waals surface area contributed by atoms with E-state index in [1.165, 1.54) is 54.9 Å². The first kappa shape index (κ1) is 13.8. The molecular weight excluding hydrogens is 266 g/mol. The molecule has 0 saturated carbocycles. The fourth-order valence-corrected chi connectivity index (χ4v) is 3.82. The van der Waals surface area contributed by atoms with Gasteiger partial charge in [-0.25, -0.2) is 4.98 Å². The Morgan fingerprint density at radius 2 is 2.40 bits per heavy atom. The van der Waals surface area contributed by atoms with Gasteiger partial charge in [-0.2, -0.15) is 0 Å². The molecule has 20 heavy (non-hydrogen) atoms. The van der Waals surface area contributed by atoms with E-state index in [0.717, 1.165) is 12.6 Å². The van der Waals surface area contributed by atoms with Crippen molar-refractivity contribution in [1.82, 2.24) is 14.9 Å². The summed E-state index contributed by atoms with van der Waals surface area (Å²) in [6, 6.07) is 5.14. The predicted molar refractivity (Wildman–Crippen MR) is 84.0 cm³/mol. The molecule has 1 N–H and O–H groups in total. The highest BCUT2D eigenvalue weighted by Crippen LogP contribution is 2.24. The fraction of sp³-hybridized carbons (Fsp3) is 0.562. The molecule has 3 rings (SSSR count). The van der Waals surface area contributed by atoms with Crippen molar-refractivity contribution < 1.29 is 0 Å². The molecule has 4 heteroatoms. The van der Waals surface area contributed by atoms with Gasteiger partial charge >= 0.3 is 0 Å². The molecule has 1 aliphatic rings. The summed E-state index contributed by atoms with van der Waals surface area (Å²) in [5.41, 5.74) is 2.43. The molecule has 2 aromatic heterocycles. The number of hydrogen-bond acceptors (Lipinski definition) is 3. The molecule has 0 unspecified atom stereocenters. The Hall–Kier alpha value is -1.13. The summed E-state index contributed by atoms with van der Waals surface area (Å²) < 4.78 is 0. The van der Waals surface area contributed by atoms with E-state index < -0.39 is 0 Å². The van der Waals surface area contributed by atoms with Gasteiger partial charge in [-0.1, -0.05) is 12.5 Å². The van der Waals surface area contributed by atoms with Gasteiger partial charge in [0, 0.05) is 23.2 Å². The second-order valence-corrected chi connectivity index (χ2v) is 6.74. The van der Waals surface area contributed by atoms with Crippen LogP contribution in [0.25, 0.3) is 0 Å². The minimum atomic E-state index is 0.724. The van der Waals surface area contributed by atoms with Gasteiger partial charge in [-0.15, -0.1) is 11.3 Å². The molecule has 0 bridgehead atoms. The van der Waals surface area contributed by atoms with E-state index >= 15 is 0 Å². The van der Waals surface area contributed by atoms with Crippen LogP contribution in [0.1, 0.15) is 41.9 Å². The first-order valence-electron chi connectivity index (χ1n) is 7.58. The molecule has 1 atom stereocenters. The highest BCUT2D eigenvalue weighted by molar-refractivity contribution is 7.09. The Labute approximate surface area is 125 Å². The van der Waals surface area contributed by atoms with Gasteiger partial charge in [-0.05, 0) is 50.6 Å². The molecular formula is C16H23N3S. The number of aromatic nitrogens is 2. The van der Waals surface area contributed by atoms with Crippen molar-refractivity contribution in [3.63, 3.8) is 0 Å². The monoisotopic (exact) mass is 289 g/mol. The van der Waals surface area contributed by atoms with Crippen molar-refractivity contribution in [3.8, 4) is 0 Å². The normalized spacial score (nSPS) is 20.4. The lowest BCUT2D eigenvalue weighted by atomic mass is 9.97. The van der Waals surface area contributed by atoms with Gasteiger partial charge in [0.05, 0.1) is 12.0 Å². The van der Waals surface area contributed by atoms with Crippen molar-refractivity contribution in [2.45, 2.75) is 51.6 Å². The van der Waals surface area contributed by atoms with Gasteiger partial charge in [0.1, 0.15) is 0 Å². The quantitative estimate of drug-likeness (QED) is 0.908. The van der Waals surface area contributed by atoms with Crippen LogP contribution < -0.4 is 0 Å². The average Bonchev–Trinajstić information content (AvgIpc) is 3.11. The van der Waals surface area contributed by atoms with Gasteiger partial charge in [0.25, 0.3) is 0 Å². The zero-order valence-electron chi connectivity index (χ0n) is 12.1. The summed E-state index contributed by atoms with van der Waals surface area (Å²) in [6.07, 6.45) is 8.37. The van der Waals surface area contributed by atoms with Gasteiger partial charge in [0.15, 0.2) is 0 Å². The number of piperidine rings is 1. The first-order chi connectivity index (χ1) is 9.83. The van der Waals surface area contributed by atoms with E-state index in [2.05, 4.69) is 39.3 Å². The summed E-state index contributed by atoms with van der Waals surface area (Å²) in [5, 5.41) is 2.18. The molecule has 0 radical (unpaired) electrons. The number of likely N-dealkylation sites (tertiary alicyclic amines) is 1. The molecule has 0 aromatic carbocycles. The summed E-state index contributed by atoms with van der Waals surface area (Å²) in [5.74, 6) is 0. The maximum atomic E-state index is 4.46. The SMILES string of the molecule is Cc1[nH]cnc1CN1CCCC[C@@H]1CCc1cccs1. The number of aryl methyl sites for hydroxylation is 2. The number of nitrogens with zero attached hydrogens (tertiary/aromatic N) is 2. The van der Waals surface area contributed by atoms with Crippen LogP contribution in [0.15, 0.2) is 23.8 Å². The highest BCUT2D eigenvalue weighted by atomic mass is 32.1. The lowest BCUT2D eigenvalue weighted by Crippen LogP contribution is -2.39. The average molecular weight is 289 g/mol. The van der Waals surface area contributed by atoms with Crippen LogP contribution in [0.4, 0.5) is 0 Å². The molecule has 108 valence electrons. The molecule has 3 heterocycles. The molecule has 0 spiro atoms. The molecule has 3 nitrogen and oxygen atoms in total. The molecule has 1 aliphatic heterocycles. The lowest BCUT2D eigenvalue weighted by molar-refractivity contribution is 0.131. The smallest absolute Gasteiger partial charge is 0.0925 e. The summed E-state index contributed by atoms with van der Waals surface area (Å²) in [6.45, 7) is 4.35. The number of nitrogens with one attached hydrogen (secondary N) is 1. The zero-order valence-corrected chi connectivity index (χ0v) is 13.0. The first-order valence-corrected chi connectivity index (χ1v) is 8.46. The second-order valence-electron chi connectivity index (χ2n) is 5.71. The molecule has 0 amide bonds. The Morgan fingerprint density at radius 1 is 1.45 bits per heavy atom. The Morgan fingerprint density at radius 3 is 3.15 bits per heavy atom. The molecule has 0 aliphatic carbocycles. The van der Waals surface area contributed by atoms with Gasteiger partial charge in [-0.3, -0.25) is 4.90 Å². The van der Waals surface area contributed by atoms with Crippen LogP contribution in [0.3, 0.4) is 0 Å². The maximum absolute atomic E-state index is 4.46. The summed E-state index contributed by atoms with van der Waals surface area (Å²) in [7, 11) is 0. The Balaban J connectivity index is 1.60. The molecule has 2 aromatic rings. The number of aromatic amines is 1. The van der Waals surface area contributed by atoms with Gasteiger partial charge in [0.2, 0.25) is 0 Å². The van der Waals surface area contributed by atoms with Crippen LogP contribution in [-0.4, -0.2) is 27.5 Å². The minimum absolute atomic E-state index is 0.724. The summed E-state index contributed by atoms with van der Waals surface area (Å²) in [4.78, 5) is 11.8. The van der Waals surface area contributed by atoms with Crippen LogP contribution in [0.5, 0.6) is 0 Å². The third-order valence-corrected chi connectivity index (χ3v) is 5.28. The fourth-order valence-electron chi connectivity index (χ4n) is 3.10. The van der Waals surface area contributed by atoms with Crippen molar-refractivity contribution in [3.05, 3.63) is 40.1 Å². The van der Waals surface area contributed by atoms with Crippen LogP contribution in [0, 0.1) is 6.92 Å². The second kappa shape index (κ2) is 6.55. The van der Waals surface area contributed by atoms with E-state index in [4.69, 9.17) is 0 Å². The number of thiophene rings is 1. The number of hydrogen-bond donors (Lipinski definition) is 1. The highest BCUT2D eigenvalue weighted by Gasteiger charge is 2.23. The Kier molecular flexibility index (Phi) is 4.53. The largest absolute Gasteiger partial charge is 0.348 e. The standard InChI is InChI=1S/C16H23N3S/c1-13-16(18-12-17-13)11-19-9-3-2-5-14(19)7-8-15-6-4-10-20-15/h4,6,10,12,14H,2-3,5,7-9,11H2,1H3,(H,17,18)/t14-/m1/s1. The predicted octanol–water partition coefficient (Wildman–Crippen LogP) is 3.77. The number of rotatable bonds is 5. The van der Waals surface area contributed by atoms with Crippen LogP contribution in [-0.2, 0) is 13.0 Å². The van der Waals surface area contributed by atoms with Crippen molar-refractivity contribution in [2.24, 2.45) is 0 Å². The minimum Gasteiger partial charge on any atom is -0.348 e. The van der Waals surface area contributed by atoms with Crippen LogP contribution in [0.2, 0.25) is 0 Å². The van der Waals surface area contributed by atoms with Crippen molar-refractivity contribution >= 4 is 11.3 Å². The maximum Gasteiger partial charge on any atom is 0.0925 e. The Bertz CT molecular complexity index is 518.